The van der Waals surface area contributed by atoms with Crippen molar-refractivity contribution in [2.45, 2.75) is 19.5 Å². The molecule has 1 N–H and O–H groups in total. The molecule has 0 spiro atoms. The van der Waals surface area contributed by atoms with Crippen molar-refractivity contribution in [3.05, 3.63) is 42.5 Å². The van der Waals surface area contributed by atoms with Gasteiger partial charge in [0, 0.05) is 31.9 Å². The molecule has 1 aliphatic rings. The molecule has 0 saturated carbocycles. The number of fused-ring (bicyclic) bond motifs is 1. The van der Waals surface area contributed by atoms with Gasteiger partial charge in [0.05, 0.1) is 6.54 Å². The minimum atomic E-state index is 0.922. The van der Waals surface area contributed by atoms with Crippen LogP contribution >= 0.6 is 0 Å². The van der Waals surface area contributed by atoms with Gasteiger partial charge in [0.25, 0.3) is 0 Å². The van der Waals surface area contributed by atoms with Crippen molar-refractivity contribution in [2.75, 3.05) is 25.0 Å². The third-order valence-corrected chi connectivity index (χ3v) is 3.47. The molecule has 0 radical (unpaired) electrons. The van der Waals surface area contributed by atoms with Gasteiger partial charge in [-0.25, -0.2) is 0 Å². The van der Waals surface area contributed by atoms with Gasteiger partial charge in [0.2, 0.25) is 0 Å². The van der Waals surface area contributed by atoms with E-state index in [0.717, 1.165) is 45.0 Å². The maximum atomic E-state index is 4.14. The molecule has 0 saturated heterocycles. The average molecular weight is 257 g/mol. The molecule has 0 atom stereocenters. The Labute approximate surface area is 113 Å². The Morgan fingerprint density at radius 3 is 2.95 bits per heavy atom. The second-order valence-electron chi connectivity index (χ2n) is 4.86. The van der Waals surface area contributed by atoms with E-state index in [9.17, 15) is 0 Å². The number of hydrogen-bond donors (Lipinski definition) is 1. The topological polar surface area (TPSA) is 46.0 Å². The lowest BCUT2D eigenvalue weighted by Gasteiger charge is -2.26. The normalized spacial score (nSPS) is 15.2. The number of rotatable bonds is 5. The van der Waals surface area contributed by atoms with Crippen LogP contribution in [0.25, 0.3) is 0 Å². The van der Waals surface area contributed by atoms with Crippen LogP contribution in [-0.4, -0.2) is 39.3 Å². The van der Waals surface area contributed by atoms with Gasteiger partial charge >= 0.3 is 0 Å². The molecule has 19 heavy (non-hydrogen) atoms. The van der Waals surface area contributed by atoms with Gasteiger partial charge in [0.15, 0.2) is 0 Å². The molecule has 100 valence electrons. The van der Waals surface area contributed by atoms with Crippen LogP contribution in [0, 0.1) is 0 Å². The Bertz CT molecular complexity index is 508. The van der Waals surface area contributed by atoms with E-state index in [1.807, 2.05) is 12.4 Å². The first kappa shape index (κ1) is 12.2. The second-order valence-corrected chi connectivity index (χ2v) is 4.86. The summed E-state index contributed by atoms with van der Waals surface area (Å²) in [6.45, 7) is 5.13. The number of aromatic nitrogens is 3. The fraction of sp³-hybridized carbons (Fsp3) is 0.429. The molecule has 0 aliphatic carbocycles. The van der Waals surface area contributed by atoms with Crippen molar-refractivity contribution in [3.63, 3.8) is 0 Å². The summed E-state index contributed by atoms with van der Waals surface area (Å²) in [6.07, 6.45) is 2.96. The lowest BCUT2D eigenvalue weighted by atomic mass is 10.3. The highest BCUT2D eigenvalue weighted by molar-refractivity contribution is 5.42. The molecular formula is C14H19N5. The van der Waals surface area contributed by atoms with E-state index < -0.39 is 0 Å². The number of nitrogens with zero attached hydrogens (tertiary/aromatic N) is 4. The predicted octanol–water partition coefficient (Wildman–Crippen LogP) is 1.60. The van der Waals surface area contributed by atoms with Crippen molar-refractivity contribution in [1.82, 2.24) is 19.7 Å². The monoisotopic (exact) mass is 257 g/mol. The average Bonchev–Trinajstić information content (AvgIpc) is 2.92. The summed E-state index contributed by atoms with van der Waals surface area (Å²) in [7, 11) is 0. The highest BCUT2D eigenvalue weighted by atomic mass is 15.3. The van der Waals surface area contributed by atoms with Crippen molar-refractivity contribution in [3.8, 4) is 0 Å². The maximum Gasteiger partial charge on any atom is 0.147 e. The lowest BCUT2D eigenvalue weighted by Crippen LogP contribution is -2.34. The molecule has 0 fully saturated rings. The highest BCUT2D eigenvalue weighted by Crippen LogP contribution is 2.09. The van der Waals surface area contributed by atoms with Gasteiger partial charge in [-0.3, -0.25) is 4.90 Å². The zero-order valence-electron chi connectivity index (χ0n) is 11.0. The van der Waals surface area contributed by atoms with E-state index >= 15 is 0 Å². The van der Waals surface area contributed by atoms with Crippen molar-refractivity contribution < 1.29 is 0 Å². The van der Waals surface area contributed by atoms with Crippen molar-refractivity contribution in [2.24, 2.45) is 0 Å². The summed E-state index contributed by atoms with van der Waals surface area (Å²) >= 11 is 0. The van der Waals surface area contributed by atoms with Crippen LogP contribution in [0.3, 0.4) is 0 Å². The Hall–Kier alpha value is -1.88. The quantitative estimate of drug-likeness (QED) is 0.826. The Kier molecular flexibility index (Phi) is 3.74. The van der Waals surface area contributed by atoms with Crippen LogP contribution in [-0.2, 0) is 13.1 Å². The van der Waals surface area contributed by atoms with Crippen LogP contribution in [0.5, 0.6) is 0 Å². The van der Waals surface area contributed by atoms with Crippen LogP contribution in [0.2, 0.25) is 0 Å². The fourth-order valence-corrected chi connectivity index (χ4v) is 2.40. The van der Waals surface area contributed by atoms with Gasteiger partial charge in [-0.1, -0.05) is 18.2 Å². The number of hydrogen-bond acceptors (Lipinski definition) is 4. The molecule has 0 unspecified atom stereocenters. The summed E-state index contributed by atoms with van der Waals surface area (Å²) in [6, 6.07) is 10.3. The number of anilines is 1. The Morgan fingerprint density at radius 2 is 2.05 bits per heavy atom. The zero-order chi connectivity index (χ0) is 12.9. The number of benzene rings is 1. The van der Waals surface area contributed by atoms with E-state index in [-0.39, 0.29) is 0 Å². The summed E-state index contributed by atoms with van der Waals surface area (Å²) < 4.78 is 2.14. The summed E-state index contributed by atoms with van der Waals surface area (Å²) in [5, 5.41) is 11.5. The SMILES string of the molecule is c1ccc(NCCCN2CCn3cnnc3C2)cc1. The van der Waals surface area contributed by atoms with Crippen LogP contribution < -0.4 is 5.32 Å². The first-order valence-corrected chi connectivity index (χ1v) is 6.80. The third kappa shape index (κ3) is 3.12. The first-order chi connectivity index (χ1) is 9.42. The predicted molar refractivity (Wildman–Crippen MR) is 74.8 cm³/mol. The Balaban J connectivity index is 1.40. The van der Waals surface area contributed by atoms with Crippen LogP contribution in [0.1, 0.15) is 12.2 Å². The zero-order valence-corrected chi connectivity index (χ0v) is 11.0. The van der Waals surface area contributed by atoms with E-state index in [1.165, 1.54) is 5.69 Å². The number of nitrogens with one attached hydrogen (secondary N) is 1. The third-order valence-electron chi connectivity index (χ3n) is 3.47. The van der Waals surface area contributed by atoms with Gasteiger partial charge < -0.3 is 9.88 Å². The Morgan fingerprint density at radius 1 is 1.16 bits per heavy atom. The van der Waals surface area contributed by atoms with Crippen molar-refractivity contribution >= 4 is 5.69 Å². The molecule has 1 aromatic heterocycles. The van der Waals surface area contributed by atoms with Crippen LogP contribution in [0.4, 0.5) is 5.69 Å². The fourth-order valence-electron chi connectivity index (χ4n) is 2.40. The van der Waals surface area contributed by atoms with Gasteiger partial charge in [-0.2, -0.15) is 0 Å². The number of para-hydroxylation sites is 1. The highest BCUT2D eigenvalue weighted by Gasteiger charge is 2.16. The minimum absolute atomic E-state index is 0.922. The van der Waals surface area contributed by atoms with E-state index in [1.54, 1.807) is 0 Å². The molecule has 5 nitrogen and oxygen atoms in total. The molecule has 1 aliphatic heterocycles. The molecule has 0 bridgehead atoms. The van der Waals surface area contributed by atoms with E-state index in [4.69, 9.17) is 0 Å². The van der Waals surface area contributed by atoms with Gasteiger partial charge in [0.1, 0.15) is 12.2 Å². The molecule has 2 aromatic rings. The summed E-state index contributed by atoms with van der Waals surface area (Å²) in [4.78, 5) is 2.44. The smallest absolute Gasteiger partial charge is 0.147 e. The van der Waals surface area contributed by atoms with E-state index in [0.29, 0.717) is 0 Å². The first-order valence-electron chi connectivity index (χ1n) is 6.80. The van der Waals surface area contributed by atoms with Gasteiger partial charge in [-0.05, 0) is 18.6 Å². The molecule has 0 amide bonds. The standard InChI is InChI=1S/C14H19N5/c1-2-5-13(6-3-1)15-7-4-8-18-9-10-19-12-16-17-14(19)11-18/h1-3,5-6,12,15H,4,7-11H2. The van der Waals surface area contributed by atoms with Gasteiger partial charge in [-0.15, -0.1) is 10.2 Å². The largest absolute Gasteiger partial charge is 0.385 e. The van der Waals surface area contributed by atoms with Crippen molar-refractivity contribution in [1.29, 1.82) is 0 Å². The summed E-state index contributed by atoms with van der Waals surface area (Å²) in [5.74, 6) is 1.09. The lowest BCUT2D eigenvalue weighted by molar-refractivity contribution is 0.216. The molecular weight excluding hydrogens is 238 g/mol. The molecule has 2 heterocycles. The second kappa shape index (κ2) is 5.84. The minimum Gasteiger partial charge on any atom is -0.385 e. The summed E-state index contributed by atoms with van der Waals surface area (Å²) in [5.41, 5.74) is 1.20. The molecule has 1 aromatic carbocycles. The molecule has 3 rings (SSSR count). The maximum absolute atomic E-state index is 4.14. The molecule has 5 heteroatoms. The van der Waals surface area contributed by atoms with E-state index in [2.05, 4.69) is 49.2 Å². The van der Waals surface area contributed by atoms with Crippen LogP contribution in [0.15, 0.2) is 36.7 Å².